The number of ketones is 1. The van der Waals surface area contributed by atoms with Crippen LogP contribution in [0.25, 0.3) is 0 Å². The zero-order valence-corrected chi connectivity index (χ0v) is 12.7. The molecule has 1 aromatic carbocycles. The van der Waals surface area contributed by atoms with Crippen LogP contribution in [-0.2, 0) is 4.79 Å². The Kier molecular flexibility index (Phi) is 6.39. The molecule has 0 radical (unpaired) electrons. The molecule has 0 saturated carbocycles. The molecule has 1 amide bonds. The molecule has 1 N–H and O–H groups in total. The van der Waals surface area contributed by atoms with E-state index in [-0.39, 0.29) is 23.7 Å². The lowest BCUT2D eigenvalue weighted by atomic mass is 10.00. The van der Waals surface area contributed by atoms with Gasteiger partial charge >= 0.3 is 0 Å². The minimum absolute atomic E-state index is 0.00105. The molecule has 2 atom stereocenters. The van der Waals surface area contributed by atoms with Crippen molar-refractivity contribution in [1.82, 2.24) is 10.2 Å². The number of carbonyl (C=O) groups is 2. The fourth-order valence-electron chi connectivity index (χ4n) is 2.38. The van der Waals surface area contributed by atoms with Gasteiger partial charge in [0.25, 0.3) is 0 Å². The molecule has 2 unspecified atom stereocenters. The zero-order chi connectivity index (χ0) is 15.1. The molecule has 110 valence electrons. The van der Waals surface area contributed by atoms with Crippen LogP contribution in [0.2, 0.25) is 0 Å². The fourth-order valence-corrected chi connectivity index (χ4v) is 2.38. The summed E-state index contributed by atoms with van der Waals surface area (Å²) in [5.41, 5.74) is 0.721. The Labute approximate surface area is 121 Å². The van der Waals surface area contributed by atoms with Gasteiger partial charge in [0.2, 0.25) is 5.91 Å². The van der Waals surface area contributed by atoms with Crippen LogP contribution in [0.15, 0.2) is 30.3 Å². The third-order valence-corrected chi connectivity index (χ3v) is 3.54. The highest BCUT2D eigenvalue weighted by Gasteiger charge is 2.25. The first-order valence-electron chi connectivity index (χ1n) is 7.02. The van der Waals surface area contributed by atoms with Crippen molar-refractivity contribution in [2.24, 2.45) is 5.92 Å². The number of amides is 1. The van der Waals surface area contributed by atoms with Gasteiger partial charge in [-0.2, -0.15) is 0 Å². The molecule has 0 aliphatic rings. The number of nitrogens with zero attached hydrogens (tertiary/aromatic N) is 1. The van der Waals surface area contributed by atoms with Crippen molar-refractivity contribution >= 4 is 11.7 Å². The summed E-state index contributed by atoms with van der Waals surface area (Å²) in [6.45, 7) is 4.43. The van der Waals surface area contributed by atoms with E-state index < -0.39 is 0 Å². The lowest BCUT2D eigenvalue weighted by molar-refractivity contribution is -0.124. The third kappa shape index (κ3) is 4.17. The molecule has 1 aromatic rings. The van der Waals surface area contributed by atoms with Crippen LogP contribution >= 0.6 is 0 Å². The van der Waals surface area contributed by atoms with Crippen LogP contribution < -0.4 is 5.32 Å². The smallest absolute Gasteiger partial charge is 0.223 e. The SMILES string of the molecule is CCC(C(=O)c1ccccc1)N(C)CC(C)C(=O)NC. The molecular formula is C16H24N2O2. The highest BCUT2D eigenvalue weighted by molar-refractivity contribution is 6.00. The predicted octanol–water partition coefficient (Wildman–Crippen LogP) is 1.96. The Hall–Kier alpha value is -1.68. The molecule has 4 nitrogen and oxygen atoms in total. The maximum Gasteiger partial charge on any atom is 0.223 e. The van der Waals surface area contributed by atoms with Gasteiger partial charge in [-0.25, -0.2) is 0 Å². The fraction of sp³-hybridized carbons (Fsp3) is 0.500. The van der Waals surface area contributed by atoms with Gasteiger partial charge in [0.05, 0.1) is 6.04 Å². The predicted molar refractivity (Wildman–Crippen MR) is 80.7 cm³/mol. The molecule has 0 fully saturated rings. The van der Waals surface area contributed by atoms with Gasteiger partial charge in [0.1, 0.15) is 0 Å². The molecule has 0 bridgehead atoms. The number of rotatable bonds is 7. The van der Waals surface area contributed by atoms with Crippen molar-refractivity contribution in [3.8, 4) is 0 Å². The maximum atomic E-state index is 12.5. The second-order valence-electron chi connectivity index (χ2n) is 5.11. The van der Waals surface area contributed by atoms with Crippen molar-refractivity contribution in [2.75, 3.05) is 20.6 Å². The van der Waals surface area contributed by atoms with E-state index in [1.165, 1.54) is 0 Å². The van der Waals surface area contributed by atoms with E-state index in [1.54, 1.807) is 7.05 Å². The quantitative estimate of drug-likeness (QED) is 0.775. The van der Waals surface area contributed by atoms with Gasteiger partial charge in [0, 0.05) is 25.1 Å². The molecular weight excluding hydrogens is 252 g/mol. The summed E-state index contributed by atoms with van der Waals surface area (Å²) in [5, 5.41) is 2.64. The number of benzene rings is 1. The van der Waals surface area contributed by atoms with Crippen LogP contribution in [0.3, 0.4) is 0 Å². The number of Topliss-reactive ketones (excluding diaryl/α,β-unsaturated/α-hetero) is 1. The Morgan fingerprint density at radius 2 is 1.85 bits per heavy atom. The van der Waals surface area contributed by atoms with E-state index in [1.807, 2.05) is 56.1 Å². The number of hydrogen-bond acceptors (Lipinski definition) is 3. The summed E-state index contributed by atoms with van der Waals surface area (Å²) in [5.74, 6) is -0.0267. The highest BCUT2D eigenvalue weighted by Crippen LogP contribution is 2.13. The second kappa shape index (κ2) is 7.80. The van der Waals surface area contributed by atoms with E-state index in [0.29, 0.717) is 6.54 Å². The molecule has 1 rings (SSSR count). The van der Waals surface area contributed by atoms with Crippen LogP contribution in [0.5, 0.6) is 0 Å². The first-order valence-corrected chi connectivity index (χ1v) is 7.02. The molecule has 0 aliphatic heterocycles. The highest BCUT2D eigenvalue weighted by atomic mass is 16.2. The summed E-state index contributed by atoms with van der Waals surface area (Å²) >= 11 is 0. The van der Waals surface area contributed by atoms with Gasteiger partial charge < -0.3 is 5.32 Å². The number of nitrogens with one attached hydrogen (secondary N) is 1. The van der Waals surface area contributed by atoms with Gasteiger partial charge in [-0.05, 0) is 13.5 Å². The van der Waals surface area contributed by atoms with Crippen molar-refractivity contribution in [3.63, 3.8) is 0 Å². The average molecular weight is 276 g/mol. The molecule has 4 heteroatoms. The normalized spacial score (nSPS) is 13.8. The standard InChI is InChI=1S/C16H24N2O2/c1-5-14(15(19)13-9-7-6-8-10-13)18(4)11-12(2)16(20)17-3/h6-10,12,14H,5,11H2,1-4H3,(H,17,20). The molecule has 0 saturated heterocycles. The molecule has 0 aliphatic carbocycles. The number of hydrogen-bond donors (Lipinski definition) is 1. The topological polar surface area (TPSA) is 49.4 Å². The monoisotopic (exact) mass is 276 g/mol. The lowest BCUT2D eigenvalue weighted by Crippen LogP contribution is -2.43. The second-order valence-corrected chi connectivity index (χ2v) is 5.11. The van der Waals surface area contributed by atoms with E-state index >= 15 is 0 Å². The van der Waals surface area contributed by atoms with Crippen molar-refractivity contribution in [1.29, 1.82) is 0 Å². The first-order chi connectivity index (χ1) is 9.51. The van der Waals surface area contributed by atoms with Crippen molar-refractivity contribution in [2.45, 2.75) is 26.3 Å². The van der Waals surface area contributed by atoms with Crippen molar-refractivity contribution in [3.05, 3.63) is 35.9 Å². The third-order valence-electron chi connectivity index (χ3n) is 3.54. The van der Waals surface area contributed by atoms with E-state index in [9.17, 15) is 9.59 Å². The average Bonchev–Trinajstić information content (AvgIpc) is 2.47. The summed E-state index contributed by atoms with van der Waals surface area (Å²) in [6, 6.07) is 9.11. The number of likely N-dealkylation sites (N-methyl/N-ethyl adjacent to an activating group) is 1. The Balaban J connectivity index is 2.75. The van der Waals surface area contributed by atoms with Gasteiger partial charge in [0.15, 0.2) is 5.78 Å². The van der Waals surface area contributed by atoms with Crippen LogP contribution in [0.1, 0.15) is 30.6 Å². The molecule has 20 heavy (non-hydrogen) atoms. The largest absolute Gasteiger partial charge is 0.359 e. The van der Waals surface area contributed by atoms with Gasteiger partial charge in [-0.15, -0.1) is 0 Å². The summed E-state index contributed by atoms with van der Waals surface area (Å²) in [6.07, 6.45) is 0.727. The molecule has 0 spiro atoms. The number of carbonyl (C=O) groups excluding carboxylic acids is 2. The van der Waals surface area contributed by atoms with Crippen LogP contribution in [0.4, 0.5) is 0 Å². The van der Waals surface area contributed by atoms with Gasteiger partial charge in [-0.1, -0.05) is 44.2 Å². The molecule has 0 aromatic heterocycles. The van der Waals surface area contributed by atoms with E-state index in [4.69, 9.17) is 0 Å². The van der Waals surface area contributed by atoms with E-state index in [2.05, 4.69) is 5.32 Å². The minimum atomic E-state index is -0.190. The molecule has 0 heterocycles. The Morgan fingerprint density at radius 1 is 1.25 bits per heavy atom. The summed E-state index contributed by atoms with van der Waals surface area (Å²) in [7, 11) is 3.53. The Morgan fingerprint density at radius 3 is 2.35 bits per heavy atom. The first kappa shape index (κ1) is 16.4. The van der Waals surface area contributed by atoms with E-state index in [0.717, 1.165) is 12.0 Å². The van der Waals surface area contributed by atoms with Gasteiger partial charge in [-0.3, -0.25) is 14.5 Å². The summed E-state index contributed by atoms with van der Waals surface area (Å²) in [4.78, 5) is 26.0. The van der Waals surface area contributed by atoms with Crippen molar-refractivity contribution < 1.29 is 9.59 Å². The minimum Gasteiger partial charge on any atom is -0.359 e. The zero-order valence-electron chi connectivity index (χ0n) is 12.7. The van der Waals surface area contributed by atoms with Crippen LogP contribution in [0, 0.1) is 5.92 Å². The Bertz CT molecular complexity index is 445. The maximum absolute atomic E-state index is 12.5. The lowest BCUT2D eigenvalue weighted by Gasteiger charge is -2.28. The van der Waals surface area contributed by atoms with Crippen LogP contribution in [-0.4, -0.2) is 43.3 Å². The summed E-state index contributed by atoms with van der Waals surface area (Å²) < 4.78 is 0.